The number of nitrogens with zero attached hydrogens (tertiary/aromatic N) is 2. The molecule has 1 amide bonds. The van der Waals surface area contributed by atoms with E-state index in [0.717, 1.165) is 13.0 Å². The van der Waals surface area contributed by atoms with Crippen molar-refractivity contribution in [3.05, 3.63) is 0 Å². The molecule has 0 heterocycles. The van der Waals surface area contributed by atoms with Crippen molar-refractivity contribution in [2.75, 3.05) is 27.2 Å². The van der Waals surface area contributed by atoms with E-state index in [1.54, 1.807) is 0 Å². The van der Waals surface area contributed by atoms with Crippen LogP contribution >= 0.6 is 0 Å². The van der Waals surface area contributed by atoms with Crippen LogP contribution in [0, 0.1) is 5.92 Å². The maximum Gasteiger partial charge on any atom is 0.230 e. The lowest BCUT2D eigenvalue weighted by molar-refractivity contribution is -0.123. The average Bonchev–Trinajstić information content (AvgIpc) is 2.24. The Morgan fingerprint density at radius 3 is 2.62 bits per heavy atom. The summed E-state index contributed by atoms with van der Waals surface area (Å²) in [6.45, 7) is 3.34. The van der Waals surface area contributed by atoms with Crippen LogP contribution in [0.15, 0.2) is 5.16 Å². The van der Waals surface area contributed by atoms with Crippen molar-refractivity contribution >= 4 is 11.7 Å². The van der Waals surface area contributed by atoms with E-state index in [1.165, 1.54) is 0 Å². The van der Waals surface area contributed by atoms with E-state index < -0.39 is 5.92 Å². The predicted molar refractivity (Wildman–Crippen MR) is 63.4 cm³/mol. The normalized spacial score (nSPS) is 13.9. The van der Waals surface area contributed by atoms with Gasteiger partial charge in [-0.3, -0.25) is 4.79 Å². The summed E-state index contributed by atoms with van der Waals surface area (Å²) in [6, 6.07) is 0. The Morgan fingerprint density at radius 1 is 1.56 bits per heavy atom. The number of amides is 1. The number of nitrogens with two attached hydrogens (primary N) is 1. The van der Waals surface area contributed by atoms with Gasteiger partial charge in [0.15, 0.2) is 5.84 Å². The van der Waals surface area contributed by atoms with Gasteiger partial charge >= 0.3 is 0 Å². The van der Waals surface area contributed by atoms with E-state index >= 15 is 0 Å². The summed E-state index contributed by atoms with van der Waals surface area (Å²) < 4.78 is 0. The molecular weight excluding hydrogens is 208 g/mol. The first kappa shape index (κ1) is 14.7. The van der Waals surface area contributed by atoms with Crippen LogP contribution in [-0.4, -0.2) is 49.0 Å². The Kier molecular flexibility index (Phi) is 7.28. The van der Waals surface area contributed by atoms with Crippen molar-refractivity contribution in [2.24, 2.45) is 16.8 Å². The molecule has 0 aromatic rings. The molecule has 0 saturated heterocycles. The summed E-state index contributed by atoms with van der Waals surface area (Å²) in [5.74, 6) is -0.756. The zero-order valence-corrected chi connectivity index (χ0v) is 10.2. The van der Waals surface area contributed by atoms with Crippen molar-refractivity contribution in [2.45, 2.75) is 19.8 Å². The molecule has 0 aliphatic rings. The second-order valence-electron chi connectivity index (χ2n) is 3.93. The van der Waals surface area contributed by atoms with E-state index in [-0.39, 0.29) is 11.7 Å². The molecule has 94 valence electrons. The highest BCUT2D eigenvalue weighted by Gasteiger charge is 2.20. The number of oxime groups is 1. The molecule has 16 heavy (non-hydrogen) atoms. The minimum absolute atomic E-state index is 0.0346. The second-order valence-corrected chi connectivity index (χ2v) is 3.93. The Morgan fingerprint density at radius 2 is 2.19 bits per heavy atom. The van der Waals surface area contributed by atoms with Crippen molar-refractivity contribution < 1.29 is 10.0 Å². The third-order valence-electron chi connectivity index (χ3n) is 2.28. The summed E-state index contributed by atoms with van der Waals surface area (Å²) in [4.78, 5) is 13.7. The fourth-order valence-corrected chi connectivity index (χ4v) is 1.33. The molecule has 4 N–H and O–H groups in total. The first-order chi connectivity index (χ1) is 7.52. The quantitative estimate of drug-likeness (QED) is 0.186. The summed E-state index contributed by atoms with van der Waals surface area (Å²) in [5, 5.41) is 14.1. The van der Waals surface area contributed by atoms with Gasteiger partial charge in [-0.1, -0.05) is 12.1 Å². The average molecular weight is 230 g/mol. The van der Waals surface area contributed by atoms with E-state index in [2.05, 4.69) is 10.5 Å². The highest BCUT2D eigenvalue weighted by molar-refractivity contribution is 6.01. The smallest absolute Gasteiger partial charge is 0.230 e. The highest BCUT2D eigenvalue weighted by atomic mass is 16.4. The van der Waals surface area contributed by atoms with Crippen molar-refractivity contribution in [3.63, 3.8) is 0 Å². The first-order valence-corrected chi connectivity index (χ1v) is 5.42. The second kappa shape index (κ2) is 7.92. The number of nitrogens with one attached hydrogen (secondary N) is 1. The summed E-state index contributed by atoms with van der Waals surface area (Å²) in [7, 11) is 3.96. The fourth-order valence-electron chi connectivity index (χ4n) is 1.33. The van der Waals surface area contributed by atoms with Gasteiger partial charge < -0.3 is 21.2 Å². The van der Waals surface area contributed by atoms with Gasteiger partial charge in [0.1, 0.15) is 0 Å². The van der Waals surface area contributed by atoms with Crippen LogP contribution < -0.4 is 11.1 Å². The summed E-state index contributed by atoms with van der Waals surface area (Å²) in [5.41, 5.74) is 5.41. The molecule has 1 unspecified atom stereocenters. The van der Waals surface area contributed by atoms with E-state index in [4.69, 9.17) is 10.9 Å². The van der Waals surface area contributed by atoms with Gasteiger partial charge in [-0.15, -0.1) is 0 Å². The van der Waals surface area contributed by atoms with Crippen LogP contribution in [0.3, 0.4) is 0 Å². The number of carbonyl (C=O) groups is 1. The highest BCUT2D eigenvalue weighted by Crippen LogP contribution is 2.02. The molecule has 0 fully saturated rings. The van der Waals surface area contributed by atoms with Gasteiger partial charge in [-0.2, -0.15) is 0 Å². The van der Waals surface area contributed by atoms with Crippen LogP contribution in [0.4, 0.5) is 0 Å². The van der Waals surface area contributed by atoms with Crippen molar-refractivity contribution in [1.29, 1.82) is 0 Å². The third kappa shape index (κ3) is 5.55. The van der Waals surface area contributed by atoms with E-state index in [9.17, 15) is 4.79 Å². The van der Waals surface area contributed by atoms with E-state index in [0.29, 0.717) is 13.0 Å². The van der Waals surface area contributed by atoms with Crippen LogP contribution in [0.25, 0.3) is 0 Å². The van der Waals surface area contributed by atoms with Gasteiger partial charge in [-0.05, 0) is 33.5 Å². The largest absolute Gasteiger partial charge is 0.409 e. The number of hydrogen-bond donors (Lipinski definition) is 3. The standard InChI is InChI=1S/C10H22N4O2/c1-4-8(9(11)13-16)10(15)12-6-5-7-14(2)3/h8,16H,4-7H2,1-3H3,(H2,11,13)(H,12,15). The Balaban J connectivity index is 3.94. The zero-order valence-electron chi connectivity index (χ0n) is 10.2. The van der Waals surface area contributed by atoms with E-state index in [1.807, 2.05) is 25.9 Å². The van der Waals surface area contributed by atoms with Crippen molar-refractivity contribution in [3.8, 4) is 0 Å². The van der Waals surface area contributed by atoms with Crippen molar-refractivity contribution in [1.82, 2.24) is 10.2 Å². The third-order valence-corrected chi connectivity index (χ3v) is 2.28. The Bertz CT molecular complexity index is 241. The molecule has 0 rings (SSSR count). The maximum absolute atomic E-state index is 11.6. The molecule has 0 bridgehead atoms. The topological polar surface area (TPSA) is 91.0 Å². The molecule has 0 radical (unpaired) electrons. The lowest BCUT2D eigenvalue weighted by Gasteiger charge is -2.14. The molecular formula is C10H22N4O2. The molecule has 0 aromatic carbocycles. The number of hydrogen-bond acceptors (Lipinski definition) is 4. The minimum atomic E-state index is -0.538. The lowest BCUT2D eigenvalue weighted by atomic mass is 10.0. The maximum atomic E-state index is 11.6. The lowest BCUT2D eigenvalue weighted by Crippen LogP contribution is -2.39. The van der Waals surface area contributed by atoms with Gasteiger partial charge in [0.2, 0.25) is 5.91 Å². The number of rotatable bonds is 7. The molecule has 0 aliphatic heterocycles. The molecule has 0 saturated carbocycles. The van der Waals surface area contributed by atoms with Gasteiger partial charge in [0, 0.05) is 6.54 Å². The predicted octanol–water partition coefficient (Wildman–Crippen LogP) is -0.173. The van der Waals surface area contributed by atoms with Gasteiger partial charge in [0.05, 0.1) is 5.92 Å². The van der Waals surface area contributed by atoms with Crippen LogP contribution in [0.1, 0.15) is 19.8 Å². The van der Waals surface area contributed by atoms with Crippen LogP contribution in [-0.2, 0) is 4.79 Å². The van der Waals surface area contributed by atoms with Crippen LogP contribution in [0.5, 0.6) is 0 Å². The molecule has 1 atom stereocenters. The molecule has 0 aliphatic carbocycles. The Hall–Kier alpha value is -1.30. The van der Waals surface area contributed by atoms with Gasteiger partial charge in [0.25, 0.3) is 0 Å². The number of carbonyl (C=O) groups excluding carboxylic acids is 1. The zero-order chi connectivity index (χ0) is 12.6. The number of amidine groups is 1. The first-order valence-electron chi connectivity index (χ1n) is 5.42. The molecule has 0 aromatic heterocycles. The van der Waals surface area contributed by atoms with Crippen LogP contribution in [0.2, 0.25) is 0 Å². The monoisotopic (exact) mass is 230 g/mol. The summed E-state index contributed by atoms with van der Waals surface area (Å²) in [6.07, 6.45) is 1.40. The molecule has 0 spiro atoms. The fraction of sp³-hybridized carbons (Fsp3) is 0.800. The SMILES string of the molecule is CCC(C(=O)NCCCN(C)C)C(N)=NO. The molecule has 6 nitrogen and oxygen atoms in total. The molecule has 6 heteroatoms. The minimum Gasteiger partial charge on any atom is -0.409 e. The Labute approximate surface area is 96.5 Å². The summed E-state index contributed by atoms with van der Waals surface area (Å²) >= 11 is 0. The van der Waals surface area contributed by atoms with Gasteiger partial charge in [-0.25, -0.2) is 0 Å².